The van der Waals surface area contributed by atoms with Crippen LogP contribution in [-0.2, 0) is 11.2 Å². The number of carbonyl (C=O) groups is 1. The van der Waals surface area contributed by atoms with Crippen LogP contribution >= 0.6 is 0 Å². The van der Waals surface area contributed by atoms with Gasteiger partial charge in [-0.2, -0.15) is 5.26 Å². The number of fused-ring (bicyclic) bond motifs is 2. The van der Waals surface area contributed by atoms with E-state index in [9.17, 15) is 10.1 Å². The lowest BCUT2D eigenvalue weighted by Crippen LogP contribution is -2.36. The van der Waals surface area contributed by atoms with Gasteiger partial charge in [-0.3, -0.25) is 4.79 Å². The van der Waals surface area contributed by atoms with Gasteiger partial charge < -0.3 is 29.7 Å². The van der Waals surface area contributed by atoms with Crippen LogP contribution in [0.25, 0.3) is 11.1 Å². The van der Waals surface area contributed by atoms with Crippen LogP contribution in [0.1, 0.15) is 21.5 Å². The summed E-state index contributed by atoms with van der Waals surface area (Å²) in [5, 5.41) is 15.8. The molecule has 0 aromatic heterocycles. The molecule has 2 heterocycles. The largest absolute Gasteiger partial charge is 0.495 e. The number of hydrogen-bond donors (Lipinski definition) is 2. The lowest BCUT2D eigenvalue weighted by atomic mass is 10.0. The Morgan fingerprint density at radius 2 is 1.66 bits per heavy atom. The Morgan fingerprint density at radius 3 is 2.44 bits per heavy atom. The van der Waals surface area contributed by atoms with Crippen LogP contribution in [-0.4, -0.2) is 45.9 Å². The summed E-state index contributed by atoms with van der Waals surface area (Å²) in [6.07, 6.45) is 0.700. The van der Waals surface area contributed by atoms with Crippen LogP contribution in [0.2, 0.25) is 0 Å². The standard InChI is InChI=1S/C33H30N4O4/c1-39-32-20-24(3-4-25(32)21-34)23-5-10-28-30(19-23)35-29-11-2-22(18-31(29)36-33(28)38)12-15-41-27-8-6-26(7-9-27)37-13-16-40-17-14-37/h2-11,18-20,35H,12-17H2,1H3,(H,36,38). The molecular formula is C33H30N4O4. The van der Waals surface area contributed by atoms with Crippen molar-refractivity contribution in [2.24, 2.45) is 0 Å². The highest BCUT2D eigenvalue weighted by Gasteiger charge is 2.20. The third kappa shape index (κ3) is 5.67. The molecule has 2 aliphatic rings. The molecule has 2 aliphatic heterocycles. The summed E-state index contributed by atoms with van der Waals surface area (Å²) < 4.78 is 16.8. The summed E-state index contributed by atoms with van der Waals surface area (Å²) in [6, 6.07) is 27.4. The first-order chi connectivity index (χ1) is 20.1. The first-order valence-corrected chi connectivity index (χ1v) is 13.6. The second-order valence-electron chi connectivity index (χ2n) is 9.94. The molecule has 0 saturated carbocycles. The zero-order valence-electron chi connectivity index (χ0n) is 22.8. The topological polar surface area (TPSA) is 95.8 Å². The van der Waals surface area contributed by atoms with Crippen LogP contribution in [0, 0.1) is 11.3 Å². The molecule has 0 radical (unpaired) electrons. The molecule has 1 fully saturated rings. The third-order valence-corrected chi connectivity index (χ3v) is 7.39. The minimum absolute atomic E-state index is 0.177. The predicted octanol–water partition coefficient (Wildman–Crippen LogP) is 6.00. The van der Waals surface area contributed by atoms with Crippen LogP contribution in [0.5, 0.6) is 11.5 Å². The van der Waals surface area contributed by atoms with Crippen molar-refractivity contribution >= 4 is 28.7 Å². The molecule has 4 aromatic carbocycles. The van der Waals surface area contributed by atoms with E-state index in [4.69, 9.17) is 14.2 Å². The molecule has 2 N–H and O–H groups in total. The number of morpholine rings is 1. The number of anilines is 4. The molecule has 6 rings (SSSR count). The van der Waals surface area contributed by atoms with Crippen molar-refractivity contribution in [3.63, 3.8) is 0 Å². The average molecular weight is 547 g/mol. The molecule has 41 heavy (non-hydrogen) atoms. The van der Waals surface area contributed by atoms with Crippen molar-refractivity contribution in [3.05, 3.63) is 95.6 Å². The fourth-order valence-corrected chi connectivity index (χ4v) is 5.14. The molecule has 1 amide bonds. The summed E-state index contributed by atoms with van der Waals surface area (Å²) in [6.45, 7) is 3.85. The summed E-state index contributed by atoms with van der Waals surface area (Å²) in [5.74, 6) is 1.17. The van der Waals surface area contributed by atoms with E-state index in [1.165, 1.54) is 5.69 Å². The Bertz CT molecular complexity index is 1620. The smallest absolute Gasteiger partial charge is 0.257 e. The Hall–Kier alpha value is -5.00. The maximum absolute atomic E-state index is 13.1. The van der Waals surface area contributed by atoms with Crippen LogP contribution in [0.15, 0.2) is 78.9 Å². The summed E-state index contributed by atoms with van der Waals surface area (Å²) in [7, 11) is 1.55. The minimum Gasteiger partial charge on any atom is -0.495 e. The fraction of sp³-hybridized carbons (Fsp3) is 0.212. The summed E-state index contributed by atoms with van der Waals surface area (Å²) in [4.78, 5) is 15.4. The highest BCUT2D eigenvalue weighted by molar-refractivity contribution is 6.12. The Labute approximate surface area is 239 Å². The SMILES string of the molecule is COc1cc(-c2ccc3c(c2)Nc2ccc(CCOc4ccc(N5CCOCC5)cc4)cc2NC3=O)ccc1C#N. The van der Waals surface area contributed by atoms with Crippen molar-refractivity contribution in [2.45, 2.75) is 6.42 Å². The van der Waals surface area contributed by atoms with E-state index in [0.29, 0.717) is 35.6 Å². The van der Waals surface area contributed by atoms with Gasteiger partial charge in [-0.1, -0.05) is 18.2 Å². The normalized spacial score (nSPS) is 14.0. The number of hydrogen-bond acceptors (Lipinski definition) is 7. The van der Waals surface area contributed by atoms with E-state index < -0.39 is 0 Å². The van der Waals surface area contributed by atoms with E-state index in [1.807, 2.05) is 60.7 Å². The third-order valence-electron chi connectivity index (χ3n) is 7.39. The Kier molecular flexibility index (Phi) is 7.44. The quantitative estimate of drug-likeness (QED) is 0.293. The van der Waals surface area contributed by atoms with E-state index in [1.54, 1.807) is 13.2 Å². The van der Waals surface area contributed by atoms with Gasteiger partial charge in [0.1, 0.15) is 17.6 Å². The number of benzene rings is 4. The van der Waals surface area contributed by atoms with Crippen LogP contribution in [0.4, 0.5) is 22.7 Å². The molecular weight excluding hydrogens is 516 g/mol. The van der Waals surface area contributed by atoms with Crippen molar-refractivity contribution in [2.75, 3.05) is 55.6 Å². The molecule has 4 aromatic rings. The lowest BCUT2D eigenvalue weighted by molar-refractivity contribution is 0.102. The number of nitrogens with one attached hydrogen (secondary N) is 2. The maximum Gasteiger partial charge on any atom is 0.257 e. The lowest BCUT2D eigenvalue weighted by Gasteiger charge is -2.28. The van der Waals surface area contributed by atoms with E-state index in [2.05, 4.69) is 33.7 Å². The number of nitriles is 1. The Balaban J connectivity index is 1.13. The number of nitrogens with zero attached hydrogens (tertiary/aromatic N) is 2. The van der Waals surface area contributed by atoms with Gasteiger partial charge in [0.2, 0.25) is 0 Å². The molecule has 0 atom stereocenters. The van der Waals surface area contributed by atoms with Gasteiger partial charge in [0.15, 0.2) is 0 Å². The predicted molar refractivity (Wildman–Crippen MR) is 159 cm³/mol. The van der Waals surface area contributed by atoms with E-state index in [-0.39, 0.29) is 5.91 Å². The second-order valence-corrected chi connectivity index (χ2v) is 9.94. The number of ether oxygens (including phenoxy) is 3. The number of methoxy groups -OCH3 is 1. The van der Waals surface area contributed by atoms with Gasteiger partial charge in [0.05, 0.1) is 55.1 Å². The first-order valence-electron chi connectivity index (χ1n) is 13.6. The summed E-state index contributed by atoms with van der Waals surface area (Å²) >= 11 is 0. The van der Waals surface area contributed by atoms with Gasteiger partial charge >= 0.3 is 0 Å². The zero-order chi connectivity index (χ0) is 28.2. The van der Waals surface area contributed by atoms with Gasteiger partial charge in [0.25, 0.3) is 5.91 Å². The number of carbonyl (C=O) groups excluding carboxylic acids is 1. The van der Waals surface area contributed by atoms with Gasteiger partial charge in [-0.15, -0.1) is 0 Å². The van der Waals surface area contributed by atoms with E-state index >= 15 is 0 Å². The second kappa shape index (κ2) is 11.6. The Morgan fingerprint density at radius 1 is 0.878 bits per heavy atom. The van der Waals surface area contributed by atoms with Gasteiger partial charge in [-0.25, -0.2) is 0 Å². The number of amides is 1. The van der Waals surface area contributed by atoms with Crippen molar-refractivity contribution in [3.8, 4) is 28.7 Å². The van der Waals surface area contributed by atoms with Crippen molar-refractivity contribution in [1.29, 1.82) is 5.26 Å². The molecule has 0 aliphatic carbocycles. The molecule has 0 bridgehead atoms. The van der Waals surface area contributed by atoms with Crippen molar-refractivity contribution in [1.82, 2.24) is 0 Å². The molecule has 1 saturated heterocycles. The number of rotatable bonds is 7. The van der Waals surface area contributed by atoms with Crippen molar-refractivity contribution < 1.29 is 19.0 Å². The molecule has 206 valence electrons. The maximum atomic E-state index is 13.1. The van der Waals surface area contributed by atoms with Gasteiger partial charge in [-0.05, 0) is 77.4 Å². The molecule has 8 heteroatoms. The first kappa shape index (κ1) is 26.2. The highest BCUT2D eigenvalue weighted by Crippen LogP contribution is 2.36. The molecule has 0 unspecified atom stereocenters. The van der Waals surface area contributed by atoms with Crippen LogP contribution < -0.4 is 25.0 Å². The molecule has 0 spiro atoms. The highest BCUT2D eigenvalue weighted by atomic mass is 16.5. The monoisotopic (exact) mass is 546 g/mol. The van der Waals surface area contributed by atoms with Gasteiger partial charge in [0, 0.05) is 25.2 Å². The fourth-order valence-electron chi connectivity index (χ4n) is 5.14. The molecule has 8 nitrogen and oxygen atoms in total. The van der Waals surface area contributed by atoms with Crippen LogP contribution in [0.3, 0.4) is 0 Å². The minimum atomic E-state index is -0.177. The zero-order valence-corrected chi connectivity index (χ0v) is 22.8. The summed E-state index contributed by atoms with van der Waals surface area (Å²) in [5.41, 5.74) is 7.31. The average Bonchev–Trinajstić information content (AvgIpc) is 3.16. The van der Waals surface area contributed by atoms with E-state index in [0.717, 1.165) is 60.1 Å².